The summed E-state index contributed by atoms with van der Waals surface area (Å²) in [5.41, 5.74) is 0.556. The molecule has 1 unspecified atom stereocenters. The third kappa shape index (κ3) is 2.35. The fourth-order valence-corrected chi connectivity index (χ4v) is 2.63. The summed E-state index contributed by atoms with van der Waals surface area (Å²) < 4.78 is 10.5. The van der Waals surface area contributed by atoms with Gasteiger partial charge >= 0.3 is 0 Å². The number of likely N-dealkylation sites (tertiary alicyclic amines) is 1. The van der Waals surface area contributed by atoms with Gasteiger partial charge in [-0.2, -0.15) is 0 Å². The molecule has 2 heterocycles. The summed E-state index contributed by atoms with van der Waals surface area (Å²) in [4.78, 5) is 25.9. The van der Waals surface area contributed by atoms with Crippen LogP contribution in [0.1, 0.15) is 30.1 Å². The number of hydrogen-bond donors (Lipinski definition) is 0. The fourth-order valence-electron chi connectivity index (χ4n) is 2.63. The Labute approximate surface area is 117 Å². The van der Waals surface area contributed by atoms with Crippen LogP contribution in [0.3, 0.4) is 0 Å². The molecule has 1 aromatic carbocycles. The molecular formula is C15H17NO4. The van der Waals surface area contributed by atoms with Gasteiger partial charge in [-0.15, -0.1) is 0 Å². The maximum absolute atomic E-state index is 12.3. The number of ether oxygens (including phenoxy) is 2. The van der Waals surface area contributed by atoms with Crippen LogP contribution in [-0.4, -0.2) is 36.5 Å². The van der Waals surface area contributed by atoms with E-state index in [0.29, 0.717) is 23.6 Å². The average Bonchev–Trinajstić information content (AvgIpc) is 2.91. The summed E-state index contributed by atoms with van der Waals surface area (Å²) in [5.74, 6) is 1.28. The van der Waals surface area contributed by atoms with Gasteiger partial charge in [0.25, 0.3) is 0 Å². The standard InChI is InChI=1S/C15H17NO4/c1-10-3-2-6-16(15(10)18)8-12(17)11-4-5-13-14(7-11)20-9-19-13/h4-5,7,10H,2-3,6,8-9H2,1H3. The van der Waals surface area contributed by atoms with E-state index in [1.54, 1.807) is 23.1 Å². The largest absolute Gasteiger partial charge is 0.454 e. The summed E-state index contributed by atoms with van der Waals surface area (Å²) in [7, 11) is 0. The molecule has 0 spiro atoms. The number of Topliss-reactive ketones (excluding diaryl/α,β-unsaturated/α-hetero) is 1. The first-order valence-electron chi connectivity index (χ1n) is 6.87. The second-order valence-corrected chi connectivity index (χ2v) is 5.29. The SMILES string of the molecule is CC1CCCN(CC(=O)c2ccc3c(c2)OCO3)C1=O. The van der Waals surface area contributed by atoms with E-state index in [-0.39, 0.29) is 30.9 Å². The zero-order valence-electron chi connectivity index (χ0n) is 11.4. The van der Waals surface area contributed by atoms with Crippen molar-refractivity contribution in [2.75, 3.05) is 19.9 Å². The maximum Gasteiger partial charge on any atom is 0.231 e. The summed E-state index contributed by atoms with van der Waals surface area (Å²) >= 11 is 0. The molecule has 3 rings (SSSR count). The molecule has 0 N–H and O–H groups in total. The Bertz CT molecular complexity index is 555. The predicted molar refractivity (Wildman–Crippen MR) is 71.9 cm³/mol. The Kier molecular flexibility index (Phi) is 3.34. The number of carbonyl (C=O) groups is 2. The summed E-state index contributed by atoms with van der Waals surface area (Å²) in [6.07, 6.45) is 1.87. The first kappa shape index (κ1) is 13.0. The van der Waals surface area contributed by atoms with E-state index in [0.717, 1.165) is 12.8 Å². The fraction of sp³-hybridized carbons (Fsp3) is 0.467. The molecule has 1 amide bonds. The van der Waals surface area contributed by atoms with Gasteiger partial charge in [-0.05, 0) is 31.0 Å². The van der Waals surface area contributed by atoms with Gasteiger partial charge in [0.15, 0.2) is 17.3 Å². The van der Waals surface area contributed by atoms with Crippen LogP contribution in [0.2, 0.25) is 0 Å². The predicted octanol–water partition coefficient (Wildman–Crippen LogP) is 1.86. The van der Waals surface area contributed by atoms with Gasteiger partial charge < -0.3 is 14.4 Å². The molecule has 2 aliphatic heterocycles. The van der Waals surface area contributed by atoms with Crippen LogP contribution in [0.25, 0.3) is 0 Å². The minimum Gasteiger partial charge on any atom is -0.454 e. The molecule has 1 aromatic rings. The van der Waals surface area contributed by atoms with Crippen molar-refractivity contribution in [3.05, 3.63) is 23.8 Å². The highest BCUT2D eigenvalue weighted by Gasteiger charge is 2.27. The second-order valence-electron chi connectivity index (χ2n) is 5.29. The van der Waals surface area contributed by atoms with Crippen LogP contribution >= 0.6 is 0 Å². The lowest BCUT2D eigenvalue weighted by molar-refractivity contribution is -0.137. The van der Waals surface area contributed by atoms with Crippen LogP contribution in [-0.2, 0) is 4.79 Å². The van der Waals surface area contributed by atoms with Crippen molar-refractivity contribution < 1.29 is 19.1 Å². The lowest BCUT2D eigenvalue weighted by Gasteiger charge is -2.30. The smallest absolute Gasteiger partial charge is 0.231 e. The van der Waals surface area contributed by atoms with Gasteiger partial charge in [-0.3, -0.25) is 9.59 Å². The summed E-state index contributed by atoms with van der Waals surface area (Å²) in [6.45, 7) is 2.91. The molecule has 5 heteroatoms. The van der Waals surface area contributed by atoms with E-state index in [4.69, 9.17) is 9.47 Å². The van der Waals surface area contributed by atoms with Gasteiger partial charge in [-0.1, -0.05) is 6.92 Å². The number of benzene rings is 1. The van der Waals surface area contributed by atoms with Crippen LogP contribution < -0.4 is 9.47 Å². The van der Waals surface area contributed by atoms with Crippen molar-refractivity contribution in [3.8, 4) is 11.5 Å². The Hall–Kier alpha value is -2.04. The summed E-state index contributed by atoms with van der Waals surface area (Å²) in [5, 5.41) is 0. The first-order valence-corrected chi connectivity index (χ1v) is 6.87. The lowest BCUT2D eigenvalue weighted by atomic mass is 9.98. The third-order valence-electron chi connectivity index (χ3n) is 3.83. The average molecular weight is 275 g/mol. The Balaban J connectivity index is 1.71. The molecule has 0 aromatic heterocycles. The normalized spacial score (nSPS) is 21.1. The number of piperidine rings is 1. The third-order valence-corrected chi connectivity index (χ3v) is 3.83. The van der Waals surface area contributed by atoms with Gasteiger partial charge in [-0.25, -0.2) is 0 Å². The molecule has 0 aliphatic carbocycles. The van der Waals surface area contributed by atoms with E-state index in [9.17, 15) is 9.59 Å². The van der Waals surface area contributed by atoms with Crippen LogP contribution in [0.4, 0.5) is 0 Å². The number of nitrogens with zero attached hydrogens (tertiary/aromatic N) is 1. The zero-order chi connectivity index (χ0) is 14.1. The quantitative estimate of drug-likeness (QED) is 0.790. The van der Waals surface area contributed by atoms with Gasteiger partial charge in [0.2, 0.25) is 12.7 Å². The van der Waals surface area contributed by atoms with E-state index in [2.05, 4.69) is 0 Å². The molecule has 106 valence electrons. The van der Waals surface area contributed by atoms with E-state index < -0.39 is 0 Å². The van der Waals surface area contributed by atoms with Gasteiger partial charge in [0.1, 0.15) is 0 Å². The van der Waals surface area contributed by atoms with Crippen molar-refractivity contribution in [1.82, 2.24) is 4.90 Å². The van der Waals surface area contributed by atoms with Crippen molar-refractivity contribution in [1.29, 1.82) is 0 Å². The van der Waals surface area contributed by atoms with Gasteiger partial charge in [0, 0.05) is 18.0 Å². The number of carbonyl (C=O) groups excluding carboxylic acids is 2. The Morgan fingerprint density at radius 2 is 2.15 bits per heavy atom. The van der Waals surface area contributed by atoms with Crippen molar-refractivity contribution in [2.45, 2.75) is 19.8 Å². The van der Waals surface area contributed by atoms with E-state index in [1.165, 1.54) is 0 Å². The molecule has 20 heavy (non-hydrogen) atoms. The minimum atomic E-state index is -0.0641. The lowest BCUT2D eigenvalue weighted by Crippen LogP contribution is -2.42. The maximum atomic E-state index is 12.3. The number of amides is 1. The number of ketones is 1. The monoisotopic (exact) mass is 275 g/mol. The first-order chi connectivity index (χ1) is 9.65. The van der Waals surface area contributed by atoms with Gasteiger partial charge in [0.05, 0.1) is 6.54 Å². The Morgan fingerprint density at radius 3 is 3.00 bits per heavy atom. The zero-order valence-corrected chi connectivity index (χ0v) is 11.4. The van der Waals surface area contributed by atoms with E-state index in [1.807, 2.05) is 6.92 Å². The highest BCUT2D eigenvalue weighted by molar-refractivity contribution is 6.00. The van der Waals surface area contributed by atoms with Crippen molar-refractivity contribution in [2.24, 2.45) is 5.92 Å². The van der Waals surface area contributed by atoms with Crippen LogP contribution in [0.15, 0.2) is 18.2 Å². The summed E-state index contributed by atoms with van der Waals surface area (Å²) in [6, 6.07) is 5.13. The molecule has 5 nitrogen and oxygen atoms in total. The van der Waals surface area contributed by atoms with E-state index >= 15 is 0 Å². The minimum absolute atomic E-state index is 0.0216. The number of rotatable bonds is 3. The Morgan fingerprint density at radius 1 is 1.35 bits per heavy atom. The molecule has 0 radical (unpaired) electrons. The number of hydrogen-bond acceptors (Lipinski definition) is 4. The molecule has 1 atom stereocenters. The molecule has 1 fully saturated rings. The molecule has 0 bridgehead atoms. The van der Waals surface area contributed by atoms with Crippen LogP contribution in [0.5, 0.6) is 11.5 Å². The van der Waals surface area contributed by atoms with Crippen LogP contribution in [0, 0.1) is 5.92 Å². The highest BCUT2D eigenvalue weighted by atomic mass is 16.7. The highest BCUT2D eigenvalue weighted by Crippen LogP contribution is 2.32. The molecular weight excluding hydrogens is 258 g/mol. The number of fused-ring (bicyclic) bond motifs is 1. The topological polar surface area (TPSA) is 55.8 Å². The molecule has 2 aliphatic rings. The molecule has 0 saturated carbocycles. The second kappa shape index (κ2) is 5.15. The van der Waals surface area contributed by atoms with Crippen molar-refractivity contribution in [3.63, 3.8) is 0 Å². The molecule has 1 saturated heterocycles. The van der Waals surface area contributed by atoms with Crippen molar-refractivity contribution >= 4 is 11.7 Å².